The van der Waals surface area contributed by atoms with Crippen LogP contribution in [-0.4, -0.2) is 21.9 Å². The molecule has 1 heterocycles. The molecule has 0 bridgehead atoms. The van der Waals surface area contributed by atoms with Crippen molar-refractivity contribution in [2.45, 2.75) is 0 Å². The van der Waals surface area contributed by atoms with Gasteiger partial charge in [-0.25, -0.2) is 0 Å². The normalized spacial score (nSPS) is 10.3. The Labute approximate surface area is 96.5 Å². The molecule has 0 radical (unpaired) electrons. The maximum absolute atomic E-state index is 5.91. The average molecular weight is 242 g/mol. The first kappa shape index (κ1) is 10.2. The van der Waals surface area contributed by atoms with E-state index in [1.54, 1.807) is 30.1 Å². The lowest BCUT2D eigenvalue weighted by Crippen LogP contribution is -1.93. The first-order valence-electron chi connectivity index (χ1n) is 4.18. The number of hydrogen-bond donors (Lipinski definition) is 1. The number of hydrogen-bond acceptors (Lipinski definition) is 3. The summed E-state index contributed by atoms with van der Waals surface area (Å²) in [6, 6.07) is 5.40. The number of benzene rings is 1. The van der Waals surface area contributed by atoms with Gasteiger partial charge in [-0.1, -0.05) is 11.6 Å². The second-order valence-electron chi connectivity index (χ2n) is 2.85. The van der Waals surface area contributed by atoms with Gasteiger partial charge >= 0.3 is 0 Å². The molecule has 0 spiro atoms. The molecule has 1 aromatic carbocycles. The molecule has 0 aliphatic carbocycles. The van der Waals surface area contributed by atoms with E-state index in [1.165, 1.54) is 0 Å². The summed E-state index contributed by atoms with van der Waals surface area (Å²) >= 11 is 11.0. The molecule has 0 aliphatic heterocycles. The molecular weight excluding hydrogens is 234 g/mol. The van der Waals surface area contributed by atoms with E-state index in [2.05, 4.69) is 10.2 Å². The highest BCUT2D eigenvalue weighted by Gasteiger charge is 2.04. The predicted octanol–water partition coefficient (Wildman–Crippen LogP) is 2.59. The van der Waals surface area contributed by atoms with Crippen molar-refractivity contribution in [1.29, 1.82) is 0 Å². The lowest BCUT2D eigenvalue weighted by molar-refractivity contribution is 0.415. The Hall–Kier alpha value is -1.33. The quantitative estimate of drug-likeness (QED) is 0.822. The van der Waals surface area contributed by atoms with E-state index in [4.69, 9.17) is 28.6 Å². The van der Waals surface area contributed by atoms with E-state index in [0.29, 0.717) is 15.5 Å². The Balaban J connectivity index is 2.55. The summed E-state index contributed by atoms with van der Waals surface area (Å²) in [6.07, 6.45) is 1.60. The van der Waals surface area contributed by atoms with Crippen LogP contribution in [0.15, 0.2) is 24.5 Å². The fourth-order valence-corrected chi connectivity index (χ4v) is 1.63. The number of halogens is 1. The number of nitrogens with zero attached hydrogens (tertiary/aromatic N) is 2. The fourth-order valence-electron chi connectivity index (χ4n) is 1.23. The van der Waals surface area contributed by atoms with Gasteiger partial charge in [0.1, 0.15) is 12.1 Å². The average Bonchev–Trinajstić information content (AvgIpc) is 2.65. The lowest BCUT2D eigenvalue weighted by atomic mass is 10.3. The van der Waals surface area contributed by atoms with Crippen LogP contribution in [0.5, 0.6) is 5.75 Å². The summed E-state index contributed by atoms with van der Waals surface area (Å²) in [5.74, 6) is 0.609. The zero-order valence-corrected chi connectivity index (χ0v) is 9.47. The molecule has 0 atom stereocenters. The van der Waals surface area contributed by atoms with Gasteiger partial charge in [-0.3, -0.25) is 9.67 Å². The number of methoxy groups -OCH3 is 1. The van der Waals surface area contributed by atoms with E-state index in [9.17, 15) is 0 Å². The van der Waals surface area contributed by atoms with Crippen molar-refractivity contribution in [3.8, 4) is 11.4 Å². The van der Waals surface area contributed by atoms with Gasteiger partial charge < -0.3 is 4.74 Å². The van der Waals surface area contributed by atoms with Gasteiger partial charge in [0, 0.05) is 6.07 Å². The van der Waals surface area contributed by atoms with Crippen LogP contribution in [0.1, 0.15) is 0 Å². The van der Waals surface area contributed by atoms with E-state index in [1.807, 2.05) is 6.07 Å². The van der Waals surface area contributed by atoms with Gasteiger partial charge in [0.05, 0.1) is 17.8 Å². The molecule has 0 fully saturated rings. The second-order valence-corrected chi connectivity index (χ2v) is 3.64. The summed E-state index contributed by atoms with van der Waals surface area (Å²) < 4.78 is 7.37. The van der Waals surface area contributed by atoms with Crippen molar-refractivity contribution < 1.29 is 4.74 Å². The Morgan fingerprint density at radius 2 is 2.33 bits per heavy atom. The third-order valence-electron chi connectivity index (χ3n) is 1.97. The maximum Gasteiger partial charge on any atom is 0.199 e. The minimum absolute atomic E-state index is 0.527. The van der Waals surface area contributed by atoms with E-state index in [0.717, 1.165) is 5.69 Å². The minimum Gasteiger partial charge on any atom is -0.495 e. The molecular formula is C9H8ClN3OS. The summed E-state index contributed by atoms with van der Waals surface area (Å²) in [7, 11) is 1.57. The van der Waals surface area contributed by atoms with Crippen LogP contribution in [0.25, 0.3) is 5.69 Å². The second kappa shape index (κ2) is 4.04. The molecule has 15 heavy (non-hydrogen) atoms. The number of H-pyrrole nitrogens is 1. The SMILES string of the molecule is COc1cc(-n2cn[nH]c2=S)ccc1Cl. The van der Waals surface area contributed by atoms with Gasteiger partial charge in [-0.2, -0.15) is 5.10 Å². The summed E-state index contributed by atoms with van der Waals surface area (Å²) in [6.45, 7) is 0. The third kappa shape index (κ3) is 1.88. The summed E-state index contributed by atoms with van der Waals surface area (Å²) in [4.78, 5) is 0. The molecule has 4 nitrogen and oxygen atoms in total. The fraction of sp³-hybridized carbons (Fsp3) is 0.111. The highest BCUT2D eigenvalue weighted by atomic mass is 35.5. The smallest absolute Gasteiger partial charge is 0.199 e. The maximum atomic E-state index is 5.91. The van der Waals surface area contributed by atoms with Crippen LogP contribution < -0.4 is 4.74 Å². The van der Waals surface area contributed by atoms with Crippen LogP contribution >= 0.6 is 23.8 Å². The van der Waals surface area contributed by atoms with E-state index >= 15 is 0 Å². The third-order valence-corrected chi connectivity index (χ3v) is 2.57. The lowest BCUT2D eigenvalue weighted by Gasteiger charge is -2.06. The Kier molecular flexibility index (Phi) is 2.75. The molecule has 1 aromatic heterocycles. The van der Waals surface area contributed by atoms with Crippen molar-refractivity contribution in [3.05, 3.63) is 34.3 Å². The highest BCUT2D eigenvalue weighted by Crippen LogP contribution is 2.26. The molecule has 0 aliphatic rings. The zero-order valence-electron chi connectivity index (χ0n) is 7.90. The molecule has 1 N–H and O–H groups in total. The monoisotopic (exact) mass is 241 g/mol. The van der Waals surface area contributed by atoms with Crippen LogP contribution in [0.2, 0.25) is 5.02 Å². The first-order chi connectivity index (χ1) is 7.22. The predicted molar refractivity (Wildman–Crippen MR) is 60.3 cm³/mol. The van der Waals surface area contributed by atoms with Gasteiger partial charge in [-0.05, 0) is 24.4 Å². The van der Waals surface area contributed by atoms with Crippen molar-refractivity contribution >= 4 is 23.8 Å². The van der Waals surface area contributed by atoms with E-state index < -0.39 is 0 Å². The van der Waals surface area contributed by atoms with Crippen molar-refractivity contribution in [1.82, 2.24) is 14.8 Å². The van der Waals surface area contributed by atoms with Crippen LogP contribution in [-0.2, 0) is 0 Å². The summed E-state index contributed by atoms with van der Waals surface area (Å²) in [5, 5.41) is 7.08. The molecule has 2 rings (SSSR count). The first-order valence-corrected chi connectivity index (χ1v) is 4.97. The molecule has 0 amide bonds. The molecule has 0 saturated heterocycles. The molecule has 78 valence electrons. The van der Waals surface area contributed by atoms with Gasteiger partial charge in [0.25, 0.3) is 0 Å². The Morgan fingerprint density at radius 3 is 2.93 bits per heavy atom. The molecule has 0 saturated carbocycles. The Morgan fingerprint density at radius 1 is 1.53 bits per heavy atom. The number of ether oxygens (including phenoxy) is 1. The van der Waals surface area contributed by atoms with Crippen LogP contribution in [0.4, 0.5) is 0 Å². The van der Waals surface area contributed by atoms with Crippen LogP contribution in [0.3, 0.4) is 0 Å². The van der Waals surface area contributed by atoms with Crippen molar-refractivity contribution in [2.75, 3.05) is 7.11 Å². The number of nitrogens with one attached hydrogen (secondary N) is 1. The Bertz CT molecular complexity index is 534. The zero-order chi connectivity index (χ0) is 10.8. The minimum atomic E-state index is 0.527. The number of aromatic amines is 1. The van der Waals surface area contributed by atoms with Gasteiger partial charge in [-0.15, -0.1) is 0 Å². The standard InChI is InChI=1S/C9H8ClN3OS/c1-14-8-4-6(2-3-7(8)10)13-5-11-12-9(13)15/h2-5H,1H3,(H,12,15). The largest absolute Gasteiger partial charge is 0.495 e. The van der Waals surface area contributed by atoms with Crippen molar-refractivity contribution in [2.24, 2.45) is 0 Å². The van der Waals surface area contributed by atoms with Gasteiger partial charge in [0.15, 0.2) is 4.77 Å². The molecule has 0 unspecified atom stereocenters. The highest BCUT2D eigenvalue weighted by molar-refractivity contribution is 7.71. The molecule has 2 aromatic rings. The number of aromatic nitrogens is 3. The number of rotatable bonds is 2. The van der Waals surface area contributed by atoms with Gasteiger partial charge in [0.2, 0.25) is 0 Å². The summed E-state index contributed by atoms with van der Waals surface area (Å²) in [5.41, 5.74) is 0.856. The molecule has 6 heteroatoms. The van der Waals surface area contributed by atoms with Crippen molar-refractivity contribution in [3.63, 3.8) is 0 Å². The van der Waals surface area contributed by atoms with E-state index in [-0.39, 0.29) is 0 Å². The van der Waals surface area contributed by atoms with Crippen LogP contribution in [0, 0.1) is 4.77 Å². The topological polar surface area (TPSA) is 42.8 Å².